The summed E-state index contributed by atoms with van der Waals surface area (Å²) in [5.74, 6) is 0. The van der Waals surface area contributed by atoms with Crippen LogP contribution in [0.2, 0.25) is 0 Å². The number of aliphatic hydroxyl groups is 1. The number of H-pyrrole nitrogens is 1. The molecule has 6 heteroatoms. The first kappa shape index (κ1) is 11.6. The standard InChI is InChI=1S/C10H16N2O3S/c1-10(3-2-4-10)12-16(14,15)9-5-8(7-13)11-6-9/h5-6,11-13H,2-4,7H2,1H3. The van der Waals surface area contributed by atoms with Crippen LogP contribution in [0.25, 0.3) is 0 Å². The molecule has 3 N–H and O–H groups in total. The Kier molecular flexibility index (Phi) is 2.81. The van der Waals surface area contributed by atoms with Crippen LogP contribution in [0, 0.1) is 0 Å². The third-order valence-electron chi connectivity index (χ3n) is 3.03. The summed E-state index contributed by atoms with van der Waals surface area (Å²) >= 11 is 0. The number of rotatable bonds is 4. The highest BCUT2D eigenvalue weighted by Crippen LogP contribution is 2.32. The summed E-state index contributed by atoms with van der Waals surface area (Å²) in [6, 6.07) is 1.45. The van der Waals surface area contributed by atoms with Gasteiger partial charge in [-0.2, -0.15) is 0 Å². The first-order chi connectivity index (χ1) is 7.45. The van der Waals surface area contributed by atoms with Crippen molar-refractivity contribution in [1.82, 2.24) is 9.71 Å². The Labute approximate surface area is 94.9 Å². The number of aromatic nitrogens is 1. The molecule has 0 aromatic carbocycles. The second-order valence-electron chi connectivity index (χ2n) is 4.54. The monoisotopic (exact) mass is 244 g/mol. The number of nitrogens with one attached hydrogen (secondary N) is 2. The Morgan fingerprint density at radius 3 is 2.69 bits per heavy atom. The van der Waals surface area contributed by atoms with Gasteiger partial charge in [-0.3, -0.25) is 0 Å². The molecule has 0 bridgehead atoms. The zero-order valence-electron chi connectivity index (χ0n) is 9.16. The summed E-state index contributed by atoms with van der Waals surface area (Å²) in [6.45, 7) is 1.72. The summed E-state index contributed by atoms with van der Waals surface area (Å²) in [4.78, 5) is 2.90. The molecule has 0 atom stereocenters. The first-order valence-corrected chi connectivity index (χ1v) is 6.76. The van der Waals surface area contributed by atoms with Crippen LogP contribution in [0.5, 0.6) is 0 Å². The lowest BCUT2D eigenvalue weighted by molar-refractivity contribution is 0.248. The minimum absolute atomic E-state index is 0.185. The van der Waals surface area contributed by atoms with E-state index < -0.39 is 10.0 Å². The summed E-state index contributed by atoms with van der Waals surface area (Å²) in [7, 11) is -3.46. The van der Waals surface area contributed by atoms with E-state index in [-0.39, 0.29) is 17.0 Å². The van der Waals surface area contributed by atoms with Gasteiger partial charge in [-0.05, 0) is 32.3 Å². The minimum atomic E-state index is -3.46. The van der Waals surface area contributed by atoms with Crippen LogP contribution in [0.4, 0.5) is 0 Å². The summed E-state index contributed by atoms with van der Waals surface area (Å²) in [5, 5.41) is 8.86. The van der Waals surface area contributed by atoms with Gasteiger partial charge in [-0.1, -0.05) is 0 Å². The lowest BCUT2D eigenvalue weighted by Gasteiger charge is -2.38. The molecule has 90 valence electrons. The Morgan fingerprint density at radius 2 is 2.25 bits per heavy atom. The van der Waals surface area contributed by atoms with Gasteiger partial charge < -0.3 is 10.1 Å². The van der Waals surface area contributed by atoms with Crippen LogP contribution in [0.1, 0.15) is 31.9 Å². The molecule has 0 amide bonds. The highest BCUT2D eigenvalue weighted by atomic mass is 32.2. The van der Waals surface area contributed by atoms with E-state index in [4.69, 9.17) is 5.11 Å². The molecule has 0 saturated heterocycles. The molecule has 0 radical (unpaired) electrons. The molecule has 1 fully saturated rings. The van der Waals surface area contributed by atoms with E-state index in [9.17, 15) is 8.42 Å². The lowest BCUT2D eigenvalue weighted by atomic mass is 9.80. The van der Waals surface area contributed by atoms with Crippen molar-refractivity contribution in [2.75, 3.05) is 0 Å². The number of aromatic amines is 1. The molecule has 5 nitrogen and oxygen atoms in total. The van der Waals surface area contributed by atoms with Gasteiger partial charge in [0.15, 0.2) is 0 Å². The van der Waals surface area contributed by atoms with Crippen molar-refractivity contribution < 1.29 is 13.5 Å². The zero-order valence-corrected chi connectivity index (χ0v) is 9.97. The Balaban J connectivity index is 2.18. The Bertz CT molecular complexity index is 474. The van der Waals surface area contributed by atoms with Gasteiger partial charge in [0.25, 0.3) is 0 Å². The fourth-order valence-electron chi connectivity index (χ4n) is 1.86. The average molecular weight is 244 g/mol. The predicted molar refractivity (Wildman–Crippen MR) is 59.3 cm³/mol. The Morgan fingerprint density at radius 1 is 1.56 bits per heavy atom. The second-order valence-corrected chi connectivity index (χ2v) is 6.22. The molecule has 2 rings (SSSR count). The smallest absolute Gasteiger partial charge is 0.242 e. The van der Waals surface area contributed by atoms with Gasteiger partial charge >= 0.3 is 0 Å². The van der Waals surface area contributed by atoms with Crippen molar-refractivity contribution in [2.24, 2.45) is 0 Å². The highest BCUT2D eigenvalue weighted by molar-refractivity contribution is 7.89. The van der Waals surface area contributed by atoms with Crippen LogP contribution in [-0.4, -0.2) is 24.0 Å². The average Bonchev–Trinajstić information content (AvgIpc) is 2.63. The van der Waals surface area contributed by atoms with Crippen molar-refractivity contribution in [3.05, 3.63) is 18.0 Å². The van der Waals surface area contributed by atoms with E-state index in [0.717, 1.165) is 19.3 Å². The van der Waals surface area contributed by atoms with E-state index >= 15 is 0 Å². The third kappa shape index (κ3) is 2.14. The van der Waals surface area contributed by atoms with Gasteiger partial charge in [-0.15, -0.1) is 0 Å². The van der Waals surface area contributed by atoms with Gasteiger partial charge in [0.05, 0.1) is 11.5 Å². The maximum Gasteiger partial charge on any atom is 0.242 e. The van der Waals surface area contributed by atoms with Gasteiger partial charge in [0, 0.05) is 17.4 Å². The molecule has 1 saturated carbocycles. The third-order valence-corrected chi connectivity index (χ3v) is 4.65. The molecule has 1 aromatic heterocycles. The molecule has 1 aliphatic carbocycles. The van der Waals surface area contributed by atoms with Gasteiger partial charge in [0.1, 0.15) is 0 Å². The molecule has 1 heterocycles. The van der Waals surface area contributed by atoms with Crippen LogP contribution >= 0.6 is 0 Å². The molecular weight excluding hydrogens is 228 g/mol. The number of aliphatic hydroxyl groups excluding tert-OH is 1. The van der Waals surface area contributed by atoms with Crippen LogP contribution in [-0.2, 0) is 16.6 Å². The quantitative estimate of drug-likeness (QED) is 0.730. The zero-order chi connectivity index (χ0) is 11.8. The maximum absolute atomic E-state index is 12.0. The SMILES string of the molecule is CC1(NS(=O)(=O)c2c[nH]c(CO)c2)CCC1. The van der Waals surface area contributed by atoms with Crippen LogP contribution in [0.3, 0.4) is 0 Å². The first-order valence-electron chi connectivity index (χ1n) is 5.27. The van der Waals surface area contributed by atoms with Crippen molar-refractivity contribution in [2.45, 2.75) is 43.2 Å². The Hall–Kier alpha value is -0.850. The van der Waals surface area contributed by atoms with E-state index in [0.29, 0.717) is 5.69 Å². The topological polar surface area (TPSA) is 82.2 Å². The molecule has 1 aliphatic rings. The minimum Gasteiger partial charge on any atom is -0.390 e. The fourth-order valence-corrected chi connectivity index (χ4v) is 3.34. The van der Waals surface area contributed by atoms with Gasteiger partial charge in [0.2, 0.25) is 10.0 Å². The van der Waals surface area contributed by atoms with Crippen molar-refractivity contribution in [3.8, 4) is 0 Å². The molecule has 0 aliphatic heterocycles. The largest absolute Gasteiger partial charge is 0.390 e. The van der Waals surface area contributed by atoms with E-state index in [1.54, 1.807) is 0 Å². The van der Waals surface area contributed by atoms with Crippen LogP contribution < -0.4 is 4.72 Å². The maximum atomic E-state index is 12.0. The normalized spacial score (nSPS) is 19.4. The fraction of sp³-hybridized carbons (Fsp3) is 0.600. The van der Waals surface area contributed by atoms with Crippen molar-refractivity contribution in [1.29, 1.82) is 0 Å². The van der Waals surface area contributed by atoms with E-state index in [2.05, 4.69) is 9.71 Å². The van der Waals surface area contributed by atoms with Gasteiger partial charge in [-0.25, -0.2) is 13.1 Å². The molecule has 0 unspecified atom stereocenters. The van der Waals surface area contributed by atoms with E-state index in [1.165, 1.54) is 12.3 Å². The van der Waals surface area contributed by atoms with E-state index in [1.807, 2.05) is 6.92 Å². The summed E-state index contributed by atoms with van der Waals surface area (Å²) in [6.07, 6.45) is 4.22. The molecule has 0 spiro atoms. The van der Waals surface area contributed by atoms with Crippen LogP contribution in [0.15, 0.2) is 17.2 Å². The molecule has 1 aromatic rings. The van der Waals surface area contributed by atoms with Crippen molar-refractivity contribution in [3.63, 3.8) is 0 Å². The highest BCUT2D eigenvalue weighted by Gasteiger charge is 2.36. The summed E-state index contributed by atoms with van der Waals surface area (Å²) in [5.41, 5.74) is 0.203. The van der Waals surface area contributed by atoms with Crippen molar-refractivity contribution >= 4 is 10.0 Å². The summed E-state index contributed by atoms with van der Waals surface area (Å²) < 4.78 is 26.6. The number of sulfonamides is 1. The number of hydrogen-bond acceptors (Lipinski definition) is 3. The lowest BCUT2D eigenvalue weighted by Crippen LogP contribution is -2.50. The second kappa shape index (κ2) is 3.87. The predicted octanol–water partition coefficient (Wildman–Crippen LogP) is 0.728. The molecular formula is C10H16N2O3S. The molecule has 16 heavy (non-hydrogen) atoms. The number of hydrogen-bond donors (Lipinski definition) is 3.